The summed E-state index contributed by atoms with van der Waals surface area (Å²) >= 11 is 2.86. The molecule has 2 aromatic carbocycles. The van der Waals surface area contributed by atoms with Gasteiger partial charge in [0.1, 0.15) is 5.82 Å². The van der Waals surface area contributed by atoms with E-state index >= 15 is 0 Å². The molecule has 0 bridgehead atoms. The molecule has 0 aliphatic heterocycles. The molecule has 146 valence electrons. The predicted molar refractivity (Wildman–Crippen MR) is 114 cm³/mol. The molecule has 2 heterocycles. The molecule has 1 N–H and O–H groups in total. The quantitative estimate of drug-likeness (QED) is 0.443. The Morgan fingerprint density at radius 1 is 1.03 bits per heavy atom. The van der Waals surface area contributed by atoms with Crippen molar-refractivity contribution in [2.75, 3.05) is 5.75 Å². The summed E-state index contributed by atoms with van der Waals surface area (Å²) in [6.07, 6.45) is 0. The fourth-order valence-corrected chi connectivity index (χ4v) is 4.20. The summed E-state index contributed by atoms with van der Waals surface area (Å²) in [6.45, 7) is 0.503. The maximum absolute atomic E-state index is 14.4. The van der Waals surface area contributed by atoms with Gasteiger partial charge in [-0.25, -0.2) is 4.39 Å². The summed E-state index contributed by atoms with van der Waals surface area (Å²) in [6, 6.07) is 19.9. The number of hydrogen-bond acceptors (Lipinski definition) is 5. The van der Waals surface area contributed by atoms with Crippen LogP contribution < -0.4 is 5.32 Å². The zero-order valence-corrected chi connectivity index (χ0v) is 16.9. The van der Waals surface area contributed by atoms with Crippen LogP contribution >= 0.6 is 23.1 Å². The number of benzene rings is 2. The first-order valence-electron chi connectivity index (χ1n) is 8.90. The number of hydrogen-bond donors (Lipinski definition) is 1. The van der Waals surface area contributed by atoms with Gasteiger partial charge in [0.15, 0.2) is 11.0 Å². The minimum absolute atomic E-state index is 0.0987. The number of nitrogens with zero attached hydrogens (tertiary/aromatic N) is 3. The number of rotatable bonds is 7. The molecule has 2 aromatic heterocycles. The summed E-state index contributed by atoms with van der Waals surface area (Å²) in [4.78, 5) is 13.3. The molecule has 0 saturated carbocycles. The van der Waals surface area contributed by atoms with Gasteiger partial charge >= 0.3 is 0 Å². The molecule has 1 amide bonds. The Bertz CT molecular complexity index is 1100. The van der Waals surface area contributed by atoms with E-state index in [-0.39, 0.29) is 17.5 Å². The second kappa shape index (κ2) is 9.02. The zero-order chi connectivity index (χ0) is 20.1. The van der Waals surface area contributed by atoms with Gasteiger partial charge in [-0.15, -0.1) is 21.5 Å². The molecule has 0 aliphatic carbocycles. The van der Waals surface area contributed by atoms with E-state index in [1.165, 1.54) is 17.8 Å². The van der Waals surface area contributed by atoms with Gasteiger partial charge in [-0.2, -0.15) is 0 Å². The number of para-hydroxylation sites is 1. The summed E-state index contributed by atoms with van der Waals surface area (Å²) < 4.78 is 16.2. The molecule has 0 spiro atoms. The Kier molecular flexibility index (Phi) is 6.02. The highest BCUT2D eigenvalue weighted by Gasteiger charge is 2.19. The van der Waals surface area contributed by atoms with E-state index in [4.69, 9.17) is 0 Å². The Morgan fingerprint density at radius 3 is 2.59 bits per heavy atom. The van der Waals surface area contributed by atoms with E-state index in [9.17, 15) is 9.18 Å². The maximum atomic E-state index is 14.4. The Balaban J connectivity index is 1.57. The van der Waals surface area contributed by atoms with Gasteiger partial charge in [0.05, 0.1) is 17.9 Å². The molecule has 29 heavy (non-hydrogen) atoms. The van der Waals surface area contributed by atoms with Crippen molar-refractivity contribution in [3.05, 3.63) is 82.8 Å². The number of nitrogens with one attached hydrogen (secondary N) is 1. The number of amides is 1. The van der Waals surface area contributed by atoms with E-state index in [1.807, 2.05) is 47.8 Å². The summed E-state index contributed by atoms with van der Waals surface area (Å²) in [5.41, 5.74) is 1.16. The van der Waals surface area contributed by atoms with E-state index < -0.39 is 0 Å². The topological polar surface area (TPSA) is 59.8 Å². The van der Waals surface area contributed by atoms with Crippen molar-refractivity contribution in [3.63, 3.8) is 0 Å². The van der Waals surface area contributed by atoms with Crippen molar-refractivity contribution >= 4 is 29.0 Å². The lowest BCUT2D eigenvalue weighted by atomic mass is 10.2. The highest BCUT2D eigenvalue weighted by molar-refractivity contribution is 7.99. The van der Waals surface area contributed by atoms with Crippen LogP contribution in [0.4, 0.5) is 4.39 Å². The SMILES string of the molecule is O=C(CSc1nnc(-c2ccccc2F)n1-c1ccccc1)NCc1cccs1. The highest BCUT2D eigenvalue weighted by atomic mass is 32.2. The van der Waals surface area contributed by atoms with Crippen molar-refractivity contribution in [1.29, 1.82) is 0 Å². The highest BCUT2D eigenvalue weighted by Crippen LogP contribution is 2.29. The average molecular weight is 425 g/mol. The summed E-state index contributed by atoms with van der Waals surface area (Å²) in [5.74, 6) is 0.115. The van der Waals surface area contributed by atoms with Crippen LogP contribution in [0.2, 0.25) is 0 Å². The molecule has 0 unspecified atom stereocenters. The standard InChI is InChI=1S/C21H17FN4OS2/c22-18-11-5-4-10-17(18)20-24-25-21(26(20)15-7-2-1-3-8-15)29-14-19(27)23-13-16-9-6-12-28-16/h1-12H,13-14H2,(H,23,27). The van der Waals surface area contributed by atoms with Crippen molar-refractivity contribution in [1.82, 2.24) is 20.1 Å². The van der Waals surface area contributed by atoms with Crippen LogP contribution in [0.25, 0.3) is 17.1 Å². The fraction of sp³-hybridized carbons (Fsp3) is 0.0952. The third-order valence-electron chi connectivity index (χ3n) is 4.13. The van der Waals surface area contributed by atoms with E-state index in [0.717, 1.165) is 10.6 Å². The first-order chi connectivity index (χ1) is 14.2. The number of carbonyl (C=O) groups excluding carboxylic acids is 1. The van der Waals surface area contributed by atoms with E-state index in [2.05, 4.69) is 15.5 Å². The van der Waals surface area contributed by atoms with Gasteiger partial charge in [-0.05, 0) is 35.7 Å². The minimum Gasteiger partial charge on any atom is -0.350 e. The van der Waals surface area contributed by atoms with Crippen LogP contribution in [0.1, 0.15) is 4.88 Å². The summed E-state index contributed by atoms with van der Waals surface area (Å²) in [5, 5.41) is 13.8. The smallest absolute Gasteiger partial charge is 0.230 e. The number of carbonyl (C=O) groups is 1. The lowest BCUT2D eigenvalue weighted by molar-refractivity contribution is -0.118. The zero-order valence-electron chi connectivity index (χ0n) is 15.3. The third kappa shape index (κ3) is 4.55. The normalized spacial score (nSPS) is 10.8. The van der Waals surface area contributed by atoms with Crippen LogP contribution in [0.15, 0.2) is 77.3 Å². The molecule has 4 aromatic rings. The predicted octanol–water partition coefficient (Wildman–Crippen LogP) is 4.54. The minimum atomic E-state index is -0.373. The van der Waals surface area contributed by atoms with Crippen LogP contribution in [0, 0.1) is 5.82 Å². The molecule has 0 atom stereocenters. The van der Waals surface area contributed by atoms with Gasteiger partial charge in [0, 0.05) is 10.6 Å². The van der Waals surface area contributed by atoms with Gasteiger partial charge in [-0.1, -0.05) is 48.2 Å². The van der Waals surface area contributed by atoms with Crippen molar-refractivity contribution in [3.8, 4) is 17.1 Å². The average Bonchev–Trinajstić information content (AvgIpc) is 3.41. The molecule has 8 heteroatoms. The van der Waals surface area contributed by atoms with Crippen molar-refractivity contribution in [2.45, 2.75) is 11.7 Å². The number of aromatic nitrogens is 3. The lowest BCUT2D eigenvalue weighted by Crippen LogP contribution is -2.24. The molecular weight excluding hydrogens is 407 g/mol. The molecule has 0 fully saturated rings. The Labute approximate surface area is 175 Å². The van der Waals surface area contributed by atoms with Gasteiger partial charge in [0.25, 0.3) is 0 Å². The Morgan fingerprint density at radius 2 is 1.83 bits per heavy atom. The van der Waals surface area contributed by atoms with E-state index in [1.54, 1.807) is 34.1 Å². The van der Waals surface area contributed by atoms with Crippen molar-refractivity contribution in [2.24, 2.45) is 0 Å². The second-order valence-electron chi connectivity index (χ2n) is 6.10. The second-order valence-corrected chi connectivity index (χ2v) is 8.08. The molecule has 0 radical (unpaired) electrons. The van der Waals surface area contributed by atoms with Crippen LogP contribution in [-0.4, -0.2) is 26.4 Å². The van der Waals surface area contributed by atoms with Gasteiger partial charge in [0.2, 0.25) is 5.91 Å². The molecule has 0 aliphatic rings. The van der Waals surface area contributed by atoms with E-state index in [0.29, 0.717) is 23.1 Å². The van der Waals surface area contributed by atoms with Crippen LogP contribution in [-0.2, 0) is 11.3 Å². The maximum Gasteiger partial charge on any atom is 0.230 e. The number of thiophene rings is 1. The molecule has 4 rings (SSSR count). The third-order valence-corrected chi connectivity index (χ3v) is 5.94. The van der Waals surface area contributed by atoms with Gasteiger partial charge < -0.3 is 5.32 Å². The first kappa shape index (κ1) is 19.4. The largest absolute Gasteiger partial charge is 0.350 e. The summed E-state index contributed by atoms with van der Waals surface area (Å²) in [7, 11) is 0. The molecule has 0 saturated heterocycles. The fourth-order valence-electron chi connectivity index (χ4n) is 2.77. The Hall–Kier alpha value is -2.97. The molecular formula is C21H17FN4OS2. The lowest BCUT2D eigenvalue weighted by Gasteiger charge is -2.10. The van der Waals surface area contributed by atoms with Crippen LogP contribution in [0.3, 0.4) is 0 Å². The monoisotopic (exact) mass is 424 g/mol. The van der Waals surface area contributed by atoms with Gasteiger partial charge in [-0.3, -0.25) is 9.36 Å². The molecule has 5 nitrogen and oxygen atoms in total. The van der Waals surface area contributed by atoms with Crippen LogP contribution in [0.5, 0.6) is 0 Å². The van der Waals surface area contributed by atoms with Crippen molar-refractivity contribution < 1.29 is 9.18 Å². The number of thioether (sulfide) groups is 1. The number of halogens is 1. The first-order valence-corrected chi connectivity index (χ1v) is 10.8.